The second-order valence-electron chi connectivity index (χ2n) is 6.58. The fraction of sp³-hybridized carbons (Fsp3) is 0.562. The van der Waals surface area contributed by atoms with Crippen LogP contribution in [-0.2, 0) is 4.74 Å². The Morgan fingerprint density at radius 1 is 1.38 bits per heavy atom. The number of morpholine rings is 1. The maximum Gasteiger partial charge on any atom is 0.319 e. The molecule has 1 aliphatic heterocycles. The molecule has 2 amide bonds. The quantitative estimate of drug-likeness (QED) is 0.880. The van der Waals surface area contributed by atoms with E-state index in [1.807, 2.05) is 45.0 Å². The highest BCUT2D eigenvalue weighted by Gasteiger charge is 2.20. The number of ether oxygens (including phenoxy) is 1. The molecule has 1 saturated heterocycles. The summed E-state index contributed by atoms with van der Waals surface area (Å²) in [5.74, 6) is 0. The number of rotatable bonds is 2. The second-order valence-corrected chi connectivity index (χ2v) is 6.58. The number of nitrogens with one attached hydrogen (secondary N) is 2. The predicted octanol–water partition coefficient (Wildman–Crippen LogP) is 2.61. The Kier molecular flexibility index (Phi) is 4.85. The van der Waals surface area contributed by atoms with Crippen molar-refractivity contribution in [1.82, 2.24) is 10.2 Å². The number of carbonyl (C=O) groups excluding carboxylic acids is 1. The predicted molar refractivity (Wildman–Crippen MR) is 84.5 cm³/mol. The molecule has 116 valence electrons. The molecule has 0 aromatic heterocycles. The number of amides is 2. The smallest absolute Gasteiger partial charge is 0.319 e. The Morgan fingerprint density at radius 2 is 2.14 bits per heavy atom. The van der Waals surface area contributed by atoms with Crippen molar-refractivity contribution in [3.8, 4) is 0 Å². The van der Waals surface area contributed by atoms with Gasteiger partial charge < -0.3 is 20.3 Å². The van der Waals surface area contributed by atoms with Crippen LogP contribution in [0.3, 0.4) is 0 Å². The number of anilines is 1. The summed E-state index contributed by atoms with van der Waals surface area (Å²) < 4.78 is 5.80. The zero-order valence-electron chi connectivity index (χ0n) is 13.3. The van der Waals surface area contributed by atoms with Crippen LogP contribution in [0, 0.1) is 0 Å². The molecule has 0 radical (unpaired) electrons. The highest BCUT2D eigenvalue weighted by Crippen LogP contribution is 2.24. The summed E-state index contributed by atoms with van der Waals surface area (Å²) >= 11 is 0. The van der Waals surface area contributed by atoms with Crippen LogP contribution >= 0.6 is 0 Å². The molecule has 1 aromatic carbocycles. The van der Waals surface area contributed by atoms with Crippen LogP contribution in [0.15, 0.2) is 24.3 Å². The number of carbonyl (C=O) groups is 1. The zero-order chi connectivity index (χ0) is 15.5. The molecule has 2 rings (SSSR count). The van der Waals surface area contributed by atoms with Crippen molar-refractivity contribution >= 4 is 11.7 Å². The number of hydrogen-bond acceptors (Lipinski definition) is 3. The molecule has 1 aromatic rings. The summed E-state index contributed by atoms with van der Waals surface area (Å²) in [6, 6.07) is 7.66. The van der Waals surface area contributed by atoms with Gasteiger partial charge in [-0.1, -0.05) is 12.1 Å². The van der Waals surface area contributed by atoms with E-state index in [1.54, 1.807) is 0 Å². The van der Waals surface area contributed by atoms with Gasteiger partial charge in [0.15, 0.2) is 0 Å². The normalized spacial score (nSPS) is 20.1. The van der Waals surface area contributed by atoms with E-state index < -0.39 is 0 Å². The molecule has 1 unspecified atom stereocenters. The molecule has 0 aliphatic carbocycles. The molecule has 5 nitrogen and oxygen atoms in total. The third-order valence-electron chi connectivity index (χ3n) is 3.27. The van der Waals surface area contributed by atoms with Crippen LogP contribution < -0.4 is 10.6 Å². The third-order valence-corrected chi connectivity index (χ3v) is 3.27. The van der Waals surface area contributed by atoms with Gasteiger partial charge in [0.1, 0.15) is 0 Å². The summed E-state index contributed by atoms with van der Waals surface area (Å²) in [7, 11) is 2.09. The van der Waals surface area contributed by atoms with Gasteiger partial charge in [0, 0.05) is 24.3 Å². The Hall–Kier alpha value is -1.59. The van der Waals surface area contributed by atoms with Gasteiger partial charge in [-0.15, -0.1) is 0 Å². The maximum absolute atomic E-state index is 11.9. The summed E-state index contributed by atoms with van der Waals surface area (Å²) in [4.78, 5) is 14.2. The van der Waals surface area contributed by atoms with Gasteiger partial charge in [0.25, 0.3) is 0 Å². The van der Waals surface area contributed by atoms with Crippen molar-refractivity contribution in [2.45, 2.75) is 32.4 Å². The SMILES string of the molecule is CN1CCOC(c2cccc(NC(=O)NC(C)(C)C)c2)C1. The Morgan fingerprint density at radius 3 is 2.81 bits per heavy atom. The lowest BCUT2D eigenvalue weighted by Crippen LogP contribution is -2.43. The molecule has 1 heterocycles. The maximum atomic E-state index is 11.9. The van der Waals surface area contributed by atoms with Gasteiger partial charge in [0.05, 0.1) is 12.7 Å². The second kappa shape index (κ2) is 6.45. The fourth-order valence-corrected chi connectivity index (χ4v) is 2.30. The van der Waals surface area contributed by atoms with E-state index >= 15 is 0 Å². The standard InChI is InChI=1S/C16H25N3O2/c1-16(2,3)18-15(20)17-13-7-5-6-12(10-13)14-11-19(4)8-9-21-14/h5-7,10,14H,8-9,11H2,1-4H3,(H2,17,18,20). The van der Waals surface area contributed by atoms with E-state index in [-0.39, 0.29) is 17.7 Å². The van der Waals surface area contributed by atoms with Gasteiger partial charge in [-0.3, -0.25) is 0 Å². The molecule has 5 heteroatoms. The van der Waals surface area contributed by atoms with Crippen LogP contribution in [0.1, 0.15) is 32.4 Å². The lowest BCUT2D eigenvalue weighted by molar-refractivity contribution is -0.0208. The molecule has 0 saturated carbocycles. The molecule has 1 aliphatic rings. The summed E-state index contributed by atoms with van der Waals surface area (Å²) in [5, 5.41) is 5.75. The van der Waals surface area contributed by atoms with Gasteiger partial charge in [-0.05, 0) is 45.5 Å². The highest BCUT2D eigenvalue weighted by molar-refractivity contribution is 5.89. The van der Waals surface area contributed by atoms with Gasteiger partial charge in [-0.2, -0.15) is 0 Å². The lowest BCUT2D eigenvalue weighted by atomic mass is 10.1. The minimum Gasteiger partial charge on any atom is -0.371 e. The van der Waals surface area contributed by atoms with E-state index in [1.165, 1.54) is 0 Å². The molecule has 2 N–H and O–H groups in total. The highest BCUT2D eigenvalue weighted by atomic mass is 16.5. The van der Waals surface area contributed by atoms with Crippen molar-refractivity contribution in [3.05, 3.63) is 29.8 Å². The third kappa shape index (κ3) is 5.02. The number of urea groups is 1. The van der Waals surface area contributed by atoms with Crippen LogP contribution in [0.2, 0.25) is 0 Å². The molecular weight excluding hydrogens is 266 g/mol. The summed E-state index contributed by atoms with van der Waals surface area (Å²) in [5.41, 5.74) is 1.62. The number of hydrogen-bond donors (Lipinski definition) is 2. The Balaban J connectivity index is 2.02. The van der Waals surface area contributed by atoms with Crippen molar-refractivity contribution < 1.29 is 9.53 Å². The van der Waals surface area contributed by atoms with E-state index in [0.717, 1.165) is 30.9 Å². The van der Waals surface area contributed by atoms with Crippen molar-refractivity contribution in [3.63, 3.8) is 0 Å². The van der Waals surface area contributed by atoms with Gasteiger partial charge >= 0.3 is 6.03 Å². The fourth-order valence-electron chi connectivity index (χ4n) is 2.30. The number of nitrogens with zero attached hydrogens (tertiary/aromatic N) is 1. The molecule has 1 atom stereocenters. The molecule has 0 spiro atoms. The van der Waals surface area contributed by atoms with Crippen molar-refractivity contribution in [2.75, 3.05) is 32.1 Å². The average Bonchev–Trinajstić information content (AvgIpc) is 2.36. The molecular formula is C16H25N3O2. The van der Waals surface area contributed by atoms with Gasteiger partial charge in [-0.25, -0.2) is 4.79 Å². The van der Waals surface area contributed by atoms with E-state index in [9.17, 15) is 4.79 Å². The van der Waals surface area contributed by atoms with Crippen molar-refractivity contribution in [2.24, 2.45) is 0 Å². The molecule has 1 fully saturated rings. The summed E-state index contributed by atoms with van der Waals surface area (Å²) in [6.07, 6.45) is 0.0659. The number of likely N-dealkylation sites (N-methyl/N-ethyl adjacent to an activating group) is 1. The van der Waals surface area contributed by atoms with Gasteiger partial charge in [0.2, 0.25) is 0 Å². The van der Waals surface area contributed by atoms with Crippen molar-refractivity contribution in [1.29, 1.82) is 0 Å². The first kappa shape index (κ1) is 15.8. The topological polar surface area (TPSA) is 53.6 Å². The Bertz CT molecular complexity index is 497. The largest absolute Gasteiger partial charge is 0.371 e. The average molecular weight is 291 g/mol. The molecule has 21 heavy (non-hydrogen) atoms. The number of benzene rings is 1. The van der Waals surface area contributed by atoms with Crippen LogP contribution in [0.5, 0.6) is 0 Å². The van der Waals surface area contributed by atoms with E-state index in [2.05, 4.69) is 22.6 Å². The van der Waals surface area contributed by atoms with Crippen LogP contribution in [-0.4, -0.2) is 43.2 Å². The van der Waals surface area contributed by atoms with E-state index in [0.29, 0.717) is 0 Å². The van der Waals surface area contributed by atoms with E-state index in [4.69, 9.17) is 4.74 Å². The Labute approximate surface area is 126 Å². The monoisotopic (exact) mass is 291 g/mol. The van der Waals surface area contributed by atoms with Crippen LogP contribution in [0.4, 0.5) is 10.5 Å². The molecule has 0 bridgehead atoms. The zero-order valence-corrected chi connectivity index (χ0v) is 13.3. The first-order valence-corrected chi connectivity index (χ1v) is 7.33. The first-order chi connectivity index (χ1) is 9.83. The summed E-state index contributed by atoms with van der Waals surface area (Å²) in [6.45, 7) is 8.43. The minimum atomic E-state index is -0.253. The lowest BCUT2D eigenvalue weighted by Gasteiger charge is -2.30. The minimum absolute atomic E-state index is 0.0659. The van der Waals surface area contributed by atoms with Crippen LogP contribution in [0.25, 0.3) is 0 Å². The first-order valence-electron chi connectivity index (χ1n) is 7.33.